The van der Waals surface area contributed by atoms with Crippen molar-refractivity contribution in [2.75, 3.05) is 0 Å². The molecule has 1 aliphatic carbocycles. The normalized spacial score (nSPS) is 14.4. The van der Waals surface area contributed by atoms with Crippen molar-refractivity contribution >= 4 is 12.4 Å². The van der Waals surface area contributed by atoms with E-state index in [1.807, 2.05) is 24.3 Å². The van der Waals surface area contributed by atoms with Gasteiger partial charge in [0.1, 0.15) is 0 Å². The van der Waals surface area contributed by atoms with Gasteiger partial charge in [0.25, 0.3) is 0 Å². The Kier molecular flexibility index (Phi) is 3.45. The fraction of sp³-hybridized carbons (Fsp3) is 0.333. The average Bonchev–Trinajstić information content (AvgIpc) is 3.08. The monoisotopic (exact) mass is 251 g/mol. The van der Waals surface area contributed by atoms with Gasteiger partial charge >= 0.3 is 0 Å². The van der Waals surface area contributed by atoms with Crippen LogP contribution in [0.2, 0.25) is 0 Å². The molecule has 0 aliphatic heterocycles. The van der Waals surface area contributed by atoms with Crippen molar-refractivity contribution in [3.63, 3.8) is 0 Å². The van der Waals surface area contributed by atoms with Crippen LogP contribution in [0, 0.1) is 0 Å². The molecule has 0 amide bonds. The first-order valence-corrected chi connectivity index (χ1v) is 5.50. The van der Waals surface area contributed by atoms with Crippen LogP contribution in [-0.4, -0.2) is 10.1 Å². The Hall–Kier alpha value is -1.39. The van der Waals surface area contributed by atoms with Crippen molar-refractivity contribution in [3.05, 3.63) is 35.7 Å². The molecule has 1 saturated carbocycles. The first kappa shape index (κ1) is 12.1. The van der Waals surface area contributed by atoms with Crippen molar-refractivity contribution in [2.24, 2.45) is 5.73 Å². The summed E-state index contributed by atoms with van der Waals surface area (Å²) in [6, 6.07) is 7.93. The van der Waals surface area contributed by atoms with Gasteiger partial charge in [0.05, 0.1) is 0 Å². The maximum absolute atomic E-state index is 5.54. The molecule has 0 unspecified atom stereocenters. The van der Waals surface area contributed by atoms with E-state index in [9.17, 15) is 0 Å². The van der Waals surface area contributed by atoms with Crippen molar-refractivity contribution in [3.8, 4) is 11.4 Å². The Bertz CT molecular complexity index is 491. The van der Waals surface area contributed by atoms with Crippen molar-refractivity contribution in [1.82, 2.24) is 10.1 Å². The lowest BCUT2D eigenvalue weighted by Crippen LogP contribution is -1.95. The summed E-state index contributed by atoms with van der Waals surface area (Å²) in [4.78, 5) is 4.39. The lowest BCUT2D eigenvalue weighted by atomic mass is 10.1. The van der Waals surface area contributed by atoms with Gasteiger partial charge in [-0.15, -0.1) is 12.4 Å². The Morgan fingerprint density at radius 2 is 1.94 bits per heavy atom. The van der Waals surface area contributed by atoms with Crippen molar-refractivity contribution < 1.29 is 4.52 Å². The third kappa shape index (κ3) is 2.48. The second-order valence-corrected chi connectivity index (χ2v) is 4.13. The molecule has 90 valence electrons. The van der Waals surface area contributed by atoms with E-state index in [0.29, 0.717) is 18.3 Å². The number of aromatic nitrogens is 2. The number of hydrogen-bond donors (Lipinski definition) is 1. The molecule has 2 aromatic rings. The van der Waals surface area contributed by atoms with Gasteiger partial charge in [-0.25, -0.2) is 0 Å². The van der Waals surface area contributed by atoms with Crippen LogP contribution in [-0.2, 0) is 6.54 Å². The number of hydrogen-bond acceptors (Lipinski definition) is 4. The molecule has 1 heterocycles. The molecule has 1 aromatic carbocycles. The van der Waals surface area contributed by atoms with Crippen molar-refractivity contribution in [2.45, 2.75) is 25.3 Å². The summed E-state index contributed by atoms with van der Waals surface area (Å²) in [5, 5.41) is 3.99. The van der Waals surface area contributed by atoms with Gasteiger partial charge in [-0.1, -0.05) is 29.4 Å². The van der Waals surface area contributed by atoms with E-state index in [-0.39, 0.29) is 12.4 Å². The number of rotatable bonds is 3. The number of nitrogens with two attached hydrogens (primary N) is 1. The van der Waals surface area contributed by atoms with Crippen LogP contribution in [0.15, 0.2) is 28.8 Å². The van der Waals surface area contributed by atoms with Gasteiger partial charge in [-0.2, -0.15) is 4.98 Å². The molecule has 0 atom stereocenters. The van der Waals surface area contributed by atoms with E-state index in [1.54, 1.807) is 0 Å². The molecule has 2 N–H and O–H groups in total. The van der Waals surface area contributed by atoms with Crippen molar-refractivity contribution in [1.29, 1.82) is 0 Å². The van der Waals surface area contributed by atoms with Gasteiger partial charge in [0, 0.05) is 18.0 Å². The third-order valence-electron chi connectivity index (χ3n) is 2.82. The molecule has 3 rings (SSSR count). The predicted octanol–water partition coefficient (Wildman–Crippen LogP) is 2.49. The summed E-state index contributed by atoms with van der Waals surface area (Å²) in [6.07, 6.45) is 2.35. The van der Waals surface area contributed by atoms with Crippen LogP contribution < -0.4 is 5.73 Å². The summed E-state index contributed by atoms with van der Waals surface area (Å²) in [5.41, 5.74) is 7.63. The lowest BCUT2D eigenvalue weighted by molar-refractivity contribution is 0.380. The van der Waals surface area contributed by atoms with Gasteiger partial charge in [0.2, 0.25) is 11.7 Å². The Labute approximate surface area is 106 Å². The molecule has 1 aliphatic rings. The fourth-order valence-electron chi connectivity index (χ4n) is 1.64. The smallest absolute Gasteiger partial charge is 0.230 e. The van der Waals surface area contributed by atoms with Gasteiger partial charge < -0.3 is 10.3 Å². The molecule has 4 nitrogen and oxygen atoms in total. The minimum Gasteiger partial charge on any atom is -0.339 e. The topological polar surface area (TPSA) is 64.9 Å². The van der Waals surface area contributed by atoms with Gasteiger partial charge in [-0.3, -0.25) is 0 Å². The van der Waals surface area contributed by atoms with Gasteiger partial charge in [0.15, 0.2) is 0 Å². The molecular formula is C12H14ClN3O. The van der Waals surface area contributed by atoms with E-state index >= 15 is 0 Å². The molecule has 17 heavy (non-hydrogen) atoms. The molecule has 0 radical (unpaired) electrons. The van der Waals surface area contributed by atoms with E-state index in [2.05, 4.69) is 10.1 Å². The summed E-state index contributed by atoms with van der Waals surface area (Å²) in [5.74, 6) is 1.95. The third-order valence-corrected chi connectivity index (χ3v) is 2.82. The zero-order chi connectivity index (χ0) is 11.0. The van der Waals surface area contributed by atoms with Crippen LogP contribution in [0.25, 0.3) is 11.4 Å². The second-order valence-electron chi connectivity index (χ2n) is 4.13. The zero-order valence-electron chi connectivity index (χ0n) is 9.30. The maximum atomic E-state index is 5.54. The SMILES string of the molecule is Cl.NCc1ccc(-c2noc(C3CC3)n2)cc1. The van der Waals surface area contributed by atoms with Crippen LogP contribution in [0.5, 0.6) is 0 Å². The van der Waals surface area contributed by atoms with E-state index in [1.165, 1.54) is 12.8 Å². The molecule has 5 heteroatoms. The first-order chi connectivity index (χ1) is 7.86. The number of halogens is 1. The summed E-state index contributed by atoms with van der Waals surface area (Å²) in [7, 11) is 0. The molecule has 1 aromatic heterocycles. The highest BCUT2D eigenvalue weighted by Gasteiger charge is 2.29. The Balaban J connectivity index is 0.00000108. The Morgan fingerprint density at radius 3 is 2.53 bits per heavy atom. The molecular weight excluding hydrogens is 238 g/mol. The maximum Gasteiger partial charge on any atom is 0.230 e. The highest BCUT2D eigenvalue weighted by Crippen LogP contribution is 2.39. The second kappa shape index (κ2) is 4.85. The van der Waals surface area contributed by atoms with Crippen LogP contribution in [0.3, 0.4) is 0 Å². The first-order valence-electron chi connectivity index (χ1n) is 5.50. The van der Waals surface area contributed by atoms with E-state index in [0.717, 1.165) is 17.0 Å². The predicted molar refractivity (Wildman–Crippen MR) is 66.8 cm³/mol. The quantitative estimate of drug-likeness (QED) is 0.910. The van der Waals surface area contributed by atoms with Gasteiger partial charge in [-0.05, 0) is 18.4 Å². The lowest BCUT2D eigenvalue weighted by Gasteiger charge is -1.97. The summed E-state index contributed by atoms with van der Waals surface area (Å²) < 4.78 is 5.21. The standard InChI is InChI=1S/C12H13N3O.ClH/c13-7-8-1-3-9(4-2-8)11-14-12(16-15-11)10-5-6-10;/h1-4,10H,5-7,13H2;1H. The number of nitrogens with zero attached hydrogens (tertiary/aromatic N) is 2. The molecule has 1 fully saturated rings. The molecule has 0 saturated heterocycles. The molecule has 0 spiro atoms. The minimum absolute atomic E-state index is 0. The zero-order valence-corrected chi connectivity index (χ0v) is 10.1. The largest absolute Gasteiger partial charge is 0.339 e. The Morgan fingerprint density at radius 1 is 1.24 bits per heavy atom. The fourth-order valence-corrected chi connectivity index (χ4v) is 1.64. The molecule has 0 bridgehead atoms. The number of benzene rings is 1. The summed E-state index contributed by atoms with van der Waals surface area (Å²) >= 11 is 0. The highest BCUT2D eigenvalue weighted by molar-refractivity contribution is 5.85. The van der Waals surface area contributed by atoms with Crippen LogP contribution >= 0.6 is 12.4 Å². The summed E-state index contributed by atoms with van der Waals surface area (Å²) in [6.45, 7) is 0.555. The highest BCUT2D eigenvalue weighted by atomic mass is 35.5. The van der Waals surface area contributed by atoms with E-state index in [4.69, 9.17) is 10.3 Å². The van der Waals surface area contributed by atoms with Crippen LogP contribution in [0.4, 0.5) is 0 Å². The van der Waals surface area contributed by atoms with Crippen LogP contribution in [0.1, 0.15) is 30.2 Å². The average molecular weight is 252 g/mol. The minimum atomic E-state index is 0. The van der Waals surface area contributed by atoms with E-state index < -0.39 is 0 Å².